The number of aromatic nitrogens is 1. The van der Waals surface area contributed by atoms with E-state index in [2.05, 4.69) is 9.89 Å². The van der Waals surface area contributed by atoms with Crippen LogP contribution in [0.25, 0.3) is 0 Å². The number of hydrogen-bond acceptors (Lipinski definition) is 7. The van der Waals surface area contributed by atoms with Gasteiger partial charge in [-0.15, -0.1) is 0 Å². The summed E-state index contributed by atoms with van der Waals surface area (Å²) in [6.07, 6.45) is 1.30. The molecule has 0 saturated carbocycles. The molecule has 0 aliphatic carbocycles. The second-order valence-corrected chi connectivity index (χ2v) is 4.36. The minimum absolute atomic E-state index is 0.0496. The number of carboxylic acid groups (broad SMARTS) is 1. The lowest BCUT2D eigenvalue weighted by molar-refractivity contribution is -0.141. The summed E-state index contributed by atoms with van der Waals surface area (Å²) in [6.45, 7) is 0.866. The van der Waals surface area contributed by atoms with Crippen molar-refractivity contribution >= 4 is 23.6 Å². The van der Waals surface area contributed by atoms with Crippen LogP contribution in [0.2, 0.25) is 0 Å². The zero-order valence-electron chi connectivity index (χ0n) is 10.5. The number of carboxylic acids is 1. The van der Waals surface area contributed by atoms with Crippen LogP contribution in [0.4, 0.5) is 11.7 Å². The molecule has 1 unspecified atom stereocenters. The number of methoxy groups -OCH3 is 1. The number of nitrogens with zero attached hydrogens (tertiary/aromatic N) is 2. The summed E-state index contributed by atoms with van der Waals surface area (Å²) in [6, 6.07) is 0. The Labute approximate surface area is 109 Å². The second-order valence-electron chi connectivity index (χ2n) is 4.36. The van der Waals surface area contributed by atoms with Crippen LogP contribution in [0.15, 0.2) is 4.52 Å². The number of nitrogen functional groups attached to an aromatic ring is 1. The van der Waals surface area contributed by atoms with E-state index in [0.29, 0.717) is 19.4 Å². The molecule has 0 aromatic carbocycles. The van der Waals surface area contributed by atoms with Gasteiger partial charge in [-0.3, -0.25) is 4.79 Å². The van der Waals surface area contributed by atoms with Crippen LogP contribution in [0.5, 0.6) is 0 Å². The monoisotopic (exact) mass is 269 g/mol. The first-order valence-electron chi connectivity index (χ1n) is 5.85. The third kappa shape index (κ3) is 2.47. The number of carbonyl (C=O) groups is 2. The van der Waals surface area contributed by atoms with E-state index in [1.54, 1.807) is 4.90 Å². The number of ether oxygens (including phenoxy) is 1. The van der Waals surface area contributed by atoms with E-state index in [9.17, 15) is 9.59 Å². The molecule has 1 aliphatic rings. The summed E-state index contributed by atoms with van der Waals surface area (Å²) < 4.78 is 9.42. The highest BCUT2D eigenvalue weighted by molar-refractivity contribution is 5.99. The number of rotatable bonds is 3. The number of piperidine rings is 1. The maximum absolute atomic E-state index is 11.6. The Morgan fingerprint density at radius 3 is 2.95 bits per heavy atom. The Balaban J connectivity index is 2.26. The minimum Gasteiger partial charge on any atom is -0.481 e. The van der Waals surface area contributed by atoms with E-state index in [4.69, 9.17) is 15.4 Å². The topological polar surface area (TPSA) is 119 Å². The fourth-order valence-electron chi connectivity index (χ4n) is 2.17. The number of nitrogens with two attached hydrogens (primary N) is 1. The van der Waals surface area contributed by atoms with Gasteiger partial charge in [0, 0.05) is 13.1 Å². The molecule has 1 saturated heterocycles. The molecule has 1 atom stereocenters. The van der Waals surface area contributed by atoms with Crippen molar-refractivity contribution in [3.05, 3.63) is 5.56 Å². The van der Waals surface area contributed by atoms with Crippen LogP contribution in [0.1, 0.15) is 23.2 Å². The van der Waals surface area contributed by atoms with Crippen molar-refractivity contribution in [2.75, 3.05) is 30.8 Å². The van der Waals surface area contributed by atoms with E-state index in [0.717, 1.165) is 0 Å². The zero-order chi connectivity index (χ0) is 14.0. The van der Waals surface area contributed by atoms with Crippen molar-refractivity contribution in [1.29, 1.82) is 0 Å². The normalized spacial score (nSPS) is 19.2. The molecule has 0 radical (unpaired) electrons. The average molecular weight is 269 g/mol. The van der Waals surface area contributed by atoms with Gasteiger partial charge in [0.1, 0.15) is 0 Å². The van der Waals surface area contributed by atoms with Crippen LogP contribution in [-0.4, -0.2) is 42.4 Å². The summed E-state index contributed by atoms with van der Waals surface area (Å²) in [5, 5.41) is 12.8. The third-order valence-corrected chi connectivity index (χ3v) is 3.16. The van der Waals surface area contributed by atoms with Gasteiger partial charge in [0.05, 0.1) is 13.0 Å². The van der Waals surface area contributed by atoms with E-state index in [-0.39, 0.29) is 23.8 Å². The van der Waals surface area contributed by atoms with Gasteiger partial charge in [0.2, 0.25) is 5.88 Å². The maximum atomic E-state index is 11.6. The SMILES string of the molecule is COC(=O)c1c(N2CCCC(C(=O)O)C2)noc1N. The Kier molecular flexibility index (Phi) is 3.59. The Morgan fingerprint density at radius 1 is 1.58 bits per heavy atom. The fourth-order valence-corrected chi connectivity index (χ4v) is 2.17. The summed E-state index contributed by atoms with van der Waals surface area (Å²) >= 11 is 0. The van der Waals surface area contributed by atoms with E-state index in [1.807, 2.05) is 0 Å². The fraction of sp³-hybridized carbons (Fsp3) is 0.545. The molecular formula is C11H15N3O5. The van der Waals surface area contributed by atoms with Gasteiger partial charge in [-0.05, 0) is 12.8 Å². The molecule has 8 nitrogen and oxygen atoms in total. The van der Waals surface area contributed by atoms with Crippen molar-refractivity contribution in [1.82, 2.24) is 5.16 Å². The summed E-state index contributed by atoms with van der Waals surface area (Å²) in [4.78, 5) is 24.3. The molecule has 0 spiro atoms. The van der Waals surface area contributed by atoms with Crippen molar-refractivity contribution in [3.8, 4) is 0 Å². The number of aliphatic carboxylic acids is 1. The maximum Gasteiger partial charge on any atom is 0.347 e. The van der Waals surface area contributed by atoms with Gasteiger partial charge in [-0.2, -0.15) is 0 Å². The van der Waals surface area contributed by atoms with Crippen molar-refractivity contribution in [3.63, 3.8) is 0 Å². The van der Waals surface area contributed by atoms with Gasteiger partial charge >= 0.3 is 11.9 Å². The van der Waals surface area contributed by atoms with Crippen molar-refractivity contribution in [2.24, 2.45) is 5.92 Å². The third-order valence-electron chi connectivity index (χ3n) is 3.16. The quantitative estimate of drug-likeness (QED) is 0.754. The van der Waals surface area contributed by atoms with Crippen LogP contribution < -0.4 is 10.6 Å². The van der Waals surface area contributed by atoms with E-state index in [1.165, 1.54) is 7.11 Å². The number of hydrogen-bond donors (Lipinski definition) is 2. The lowest BCUT2D eigenvalue weighted by Crippen LogP contribution is -2.39. The van der Waals surface area contributed by atoms with E-state index < -0.39 is 17.9 Å². The standard InChI is InChI=1S/C11H15N3O5/c1-18-11(17)7-8(12)19-13-9(7)14-4-2-3-6(5-14)10(15)16/h6H,2-5,12H2,1H3,(H,15,16). The van der Waals surface area contributed by atoms with Gasteiger partial charge in [0.25, 0.3) is 0 Å². The average Bonchev–Trinajstić information content (AvgIpc) is 2.80. The molecule has 3 N–H and O–H groups in total. The van der Waals surface area contributed by atoms with Crippen molar-refractivity contribution < 1.29 is 24.0 Å². The molecule has 2 heterocycles. The first-order valence-corrected chi connectivity index (χ1v) is 5.85. The minimum atomic E-state index is -0.860. The largest absolute Gasteiger partial charge is 0.481 e. The highest BCUT2D eigenvalue weighted by atomic mass is 16.5. The smallest absolute Gasteiger partial charge is 0.347 e. The molecule has 0 amide bonds. The molecule has 2 rings (SSSR count). The molecule has 1 aliphatic heterocycles. The van der Waals surface area contributed by atoms with Crippen LogP contribution in [0, 0.1) is 5.92 Å². The first kappa shape index (κ1) is 13.2. The zero-order valence-corrected chi connectivity index (χ0v) is 10.5. The van der Waals surface area contributed by atoms with Crippen LogP contribution >= 0.6 is 0 Å². The summed E-state index contributed by atoms with van der Waals surface area (Å²) in [5.74, 6) is -1.88. The van der Waals surface area contributed by atoms with Crippen LogP contribution in [0.3, 0.4) is 0 Å². The molecule has 104 valence electrons. The highest BCUT2D eigenvalue weighted by Gasteiger charge is 2.31. The predicted octanol–water partition coefficient (Wildman–Crippen LogP) is 0.344. The van der Waals surface area contributed by atoms with Gasteiger partial charge in [0.15, 0.2) is 11.4 Å². The number of carbonyl (C=O) groups excluding carboxylic acids is 1. The highest BCUT2D eigenvalue weighted by Crippen LogP contribution is 2.29. The predicted molar refractivity (Wildman–Crippen MR) is 64.8 cm³/mol. The summed E-state index contributed by atoms with van der Waals surface area (Å²) in [5.41, 5.74) is 5.60. The molecule has 19 heavy (non-hydrogen) atoms. The lowest BCUT2D eigenvalue weighted by Gasteiger charge is -2.30. The Bertz CT molecular complexity index is 499. The molecule has 1 aromatic rings. The summed E-state index contributed by atoms with van der Waals surface area (Å²) in [7, 11) is 1.23. The second kappa shape index (κ2) is 5.17. The Hall–Kier alpha value is -2.25. The number of esters is 1. The molecule has 8 heteroatoms. The Morgan fingerprint density at radius 2 is 2.32 bits per heavy atom. The molecule has 1 fully saturated rings. The van der Waals surface area contributed by atoms with Crippen LogP contribution in [-0.2, 0) is 9.53 Å². The number of anilines is 2. The van der Waals surface area contributed by atoms with Crippen molar-refractivity contribution in [2.45, 2.75) is 12.8 Å². The van der Waals surface area contributed by atoms with E-state index >= 15 is 0 Å². The molecular weight excluding hydrogens is 254 g/mol. The lowest BCUT2D eigenvalue weighted by atomic mass is 9.98. The van der Waals surface area contributed by atoms with Gasteiger partial charge in [-0.1, -0.05) is 5.16 Å². The van der Waals surface area contributed by atoms with Gasteiger partial charge < -0.3 is 25.0 Å². The van der Waals surface area contributed by atoms with Gasteiger partial charge in [-0.25, -0.2) is 4.79 Å². The molecule has 0 bridgehead atoms. The first-order chi connectivity index (χ1) is 9.04. The molecule has 1 aromatic heterocycles.